The first-order valence-electron chi connectivity index (χ1n) is 10.3. The molecule has 178 valence electrons. The Kier molecular flexibility index (Phi) is 8.00. The average Bonchev–Trinajstić information content (AvgIpc) is 3.39. The van der Waals surface area contributed by atoms with E-state index in [9.17, 15) is 14.4 Å². The summed E-state index contributed by atoms with van der Waals surface area (Å²) >= 11 is 25.6. The van der Waals surface area contributed by atoms with Gasteiger partial charge in [-0.25, -0.2) is 0 Å². The van der Waals surface area contributed by atoms with E-state index in [4.69, 9.17) is 51.1 Å². The van der Waals surface area contributed by atoms with E-state index in [0.717, 1.165) is 29.5 Å². The molecule has 2 fully saturated rings. The van der Waals surface area contributed by atoms with Gasteiger partial charge in [0.1, 0.15) is 13.2 Å². The van der Waals surface area contributed by atoms with Crippen molar-refractivity contribution in [1.29, 1.82) is 0 Å². The van der Waals surface area contributed by atoms with Crippen LogP contribution in [-0.4, -0.2) is 46.5 Å². The summed E-state index contributed by atoms with van der Waals surface area (Å²) in [6, 6.07) is 8.21. The molecule has 0 unspecified atom stereocenters. The largest absolute Gasteiger partial charge is 0.486 e. The molecule has 2 saturated heterocycles. The van der Waals surface area contributed by atoms with Crippen molar-refractivity contribution in [2.24, 2.45) is 0 Å². The number of hydrogen-bond acceptors (Lipinski definition) is 5. The number of amides is 3. The van der Waals surface area contributed by atoms with Crippen LogP contribution in [0.5, 0.6) is 5.75 Å². The molecule has 0 radical (unpaired) electrons. The Morgan fingerprint density at radius 3 is 2.32 bits per heavy atom. The highest BCUT2D eigenvalue weighted by atomic mass is 35.5. The van der Waals surface area contributed by atoms with Gasteiger partial charge in [0.25, 0.3) is 11.1 Å². The molecule has 2 aliphatic heterocycles. The van der Waals surface area contributed by atoms with Crippen molar-refractivity contribution in [3.8, 4) is 5.75 Å². The molecule has 0 atom stereocenters. The normalized spacial score (nSPS) is 17.2. The lowest BCUT2D eigenvalue weighted by atomic mass is 10.2. The molecule has 11 heteroatoms. The van der Waals surface area contributed by atoms with Crippen molar-refractivity contribution < 1.29 is 19.1 Å². The molecule has 0 spiro atoms. The van der Waals surface area contributed by atoms with Crippen molar-refractivity contribution >= 4 is 81.3 Å². The Labute approximate surface area is 220 Å². The number of thioether (sulfide) groups is 1. The number of ether oxygens (including phenoxy) is 1. The van der Waals surface area contributed by atoms with Crippen LogP contribution in [0.15, 0.2) is 35.2 Å². The Hall–Kier alpha value is -1.90. The summed E-state index contributed by atoms with van der Waals surface area (Å²) in [5, 5.41) is 0.939. The van der Waals surface area contributed by atoms with Crippen LogP contribution in [0.25, 0.3) is 6.08 Å². The van der Waals surface area contributed by atoms with Crippen LogP contribution >= 0.6 is 58.2 Å². The SMILES string of the molecule is O=C(CN1C(=O)S/C(=C\c2cc(Cl)c(OCc3ccc(Cl)cc3Cl)c(Cl)c2)C1=O)N1CCCC1. The number of carbonyl (C=O) groups is 3. The van der Waals surface area contributed by atoms with E-state index in [2.05, 4.69) is 0 Å². The van der Waals surface area contributed by atoms with Crippen molar-refractivity contribution in [2.75, 3.05) is 19.6 Å². The van der Waals surface area contributed by atoms with Gasteiger partial charge in [-0.05, 0) is 60.5 Å². The zero-order valence-electron chi connectivity index (χ0n) is 17.7. The van der Waals surface area contributed by atoms with Crippen LogP contribution < -0.4 is 4.74 Å². The Morgan fingerprint density at radius 1 is 1.00 bits per heavy atom. The first kappa shape index (κ1) is 25.2. The highest BCUT2D eigenvalue weighted by molar-refractivity contribution is 8.18. The minimum absolute atomic E-state index is 0.124. The van der Waals surface area contributed by atoms with E-state index >= 15 is 0 Å². The summed E-state index contributed by atoms with van der Waals surface area (Å²) in [5.74, 6) is -0.488. The van der Waals surface area contributed by atoms with E-state index in [0.29, 0.717) is 34.3 Å². The molecule has 34 heavy (non-hydrogen) atoms. The smallest absolute Gasteiger partial charge is 0.294 e. The van der Waals surface area contributed by atoms with Gasteiger partial charge < -0.3 is 9.64 Å². The van der Waals surface area contributed by atoms with Gasteiger partial charge in [0.15, 0.2) is 5.75 Å². The number of rotatable bonds is 6. The Bertz CT molecular complexity index is 1170. The summed E-state index contributed by atoms with van der Waals surface area (Å²) in [7, 11) is 0. The summed E-state index contributed by atoms with van der Waals surface area (Å²) in [4.78, 5) is 40.3. The van der Waals surface area contributed by atoms with Crippen LogP contribution in [0.1, 0.15) is 24.0 Å². The summed E-state index contributed by atoms with van der Waals surface area (Å²) in [5.41, 5.74) is 1.22. The number of halogens is 4. The maximum atomic E-state index is 12.8. The number of nitrogens with zero attached hydrogens (tertiary/aromatic N) is 2. The zero-order chi connectivity index (χ0) is 24.4. The van der Waals surface area contributed by atoms with Crippen LogP contribution in [-0.2, 0) is 16.2 Å². The molecule has 0 aliphatic carbocycles. The van der Waals surface area contributed by atoms with E-state index in [1.807, 2.05) is 0 Å². The third-order valence-corrected chi connectivity index (χ3v) is 7.39. The van der Waals surface area contributed by atoms with Gasteiger partial charge in [-0.3, -0.25) is 19.3 Å². The lowest BCUT2D eigenvalue weighted by Crippen LogP contribution is -2.40. The standard InChI is InChI=1S/C23H18Cl4N2O4S/c24-15-4-3-14(16(25)10-15)12-33-21-17(26)7-13(8-18(21)27)9-19-22(31)29(23(32)34-19)11-20(30)28-5-1-2-6-28/h3-4,7-10H,1-2,5-6,11-12H2/b19-9-. The minimum atomic E-state index is -0.521. The van der Waals surface area contributed by atoms with Crippen molar-refractivity contribution in [2.45, 2.75) is 19.4 Å². The molecule has 4 rings (SSSR count). The molecule has 0 bridgehead atoms. The van der Waals surface area contributed by atoms with Crippen LogP contribution in [0.3, 0.4) is 0 Å². The molecule has 2 aliphatic rings. The highest BCUT2D eigenvalue weighted by Crippen LogP contribution is 2.38. The topological polar surface area (TPSA) is 66.9 Å². The number of likely N-dealkylation sites (tertiary alicyclic amines) is 1. The third kappa shape index (κ3) is 5.66. The number of hydrogen-bond donors (Lipinski definition) is 0. The summed E-state index contributed by atoms with van der Waals surface area (Å²) < 4.78 is 5.76. The quantitative estimate of drug-likeness (QED) is 0.376. The van der Waals surface area contributed by atoms with Gasteiger partial charge in [0, 0.05) is 28.7 Å². The van der Waals surface area contributed by atoms with Gasteiger partial charge in [-0.15, -0.1) is 0 Å². The van der Waals surface area contributed by atoms with Crippen LogP contribution in [0.2, 0.25) is 20.1 Å². The lowest BCUT2D eigenvalue weighted by molar-refractivity contribution is -0.135. The van der Waals surface area contributed by atoms with E-state index in [1.54, 1.807) is 35.2 Å². The number of imide groups is 1. The first-order chi connectivity index (χ1) is 16.2. The molecule has 0 N–H and O–H groups in total. The number of carbonyl (C=O) groups excluding carboxylic acids is 3. The van der Waals surface area contributed by atoms with Gasteiger partial charge in [0.05, 0.1) is 15.0 Å². The fourth-order valence-electron chi connectivity index (χ4n) is 3.58. The second-order valence-corrected chi connectivity index (χ2v) is 10.3. The average molecular weight is 560 g/mol. The van der Waals surface area contributed by atoms with E-state index in [1.165, 1.54) is 6.08 Å². The van der Waals surface area contributed by atoms with Crippen molar-refractivity contribution in [3.05, 3.63) is 66.5 Å². The fourth-order valence-corrected chi connectivity index (χ4v) is 5.49. The van der Waals surface area contributed by atoms with E-state index < -0.39 is 11.1 Å². The second-order valence-electron chi connectivity index (χ2n) is 7.69. The molecular formula is C23H18Cl4N2O4S. The molecule has 2 heterocycles. The van der Waals surface area contributed by atoms with Gasteiger partial charge in [-0.2, -0.15) is 0 Å². The Balaban J connectivity index is 1.46. The van der Waals surface area contributed by atoms with Crippen LogP contribution in [0.4, 0.5) is 4.79 Å². The molecule has 2 aromatic carbocycles. The van der Waals surface area contributed by atoms with Gasteiger partial charge in [0.2, 0.25) is 5.91 Å². The highest BCUT2D eigenvalue weighted by Gasteiger charge is 2.37. The molecule has 3 amide bonds. The second kappa shape index (κ2) is 10.8. The van der Waals surface area contributed by atoms with Crippen LogP contribution in [0, 0.1) is 0 Å². The first-order valence-corrected chi connectivity index (χ1v) is 12.6. The third-order valence-electron chi connectivity index (χ3n) is 5.33. The van der Waals surface area contributed by atoms with Gasteiger partial charge >= 0.3 is 0 Å². The predicted molar refractivity (Wildman–Crippen MR) is 136 cm³/mol. The summed E-state index contributed by atoms with van der Waals surface area (Å²) in [6.45, 7) is 1.17. The molecule has 6 nitrogen and oxygen atoms in total. The monoisotopic (exact) mass is 558 g/mol. The molecule has 2 aromatic rings. The molecular weight excluding hydrogens is 542 g/mol. The van der Waals surface area contributed by atoms with Gasteiger partial charge in [-0.1, -0.05) is 52.5 Å². The maximum absolute atomic E-state index is 12.8. The predicted octanol–water partition coefficient (Wildman–Crippen LogP) is 6.54. The Morgan fingerprint density at radius 2 is 1.68 bits per heavy atom. The molecule has 0 saturated carbocycles. The number of benzene rings is 2. The zero-order valence-corrected chi connectivity index (χ0v) is 21.5. The lowest BCUT2D eigenvalue weighted by Gasteiger charge is -2.18. The molecule has 0 aromatic heterocycles. The van der Waals surface area contributed by atoms with Crippen molar-refractivity contribution in [1.82, 2.24) is 9.80 Å². The summed E-state index contributed by atoms with van der Waals surface area (Å²) in [6.07, 6.45) is 3.38. The maximum Gasteiger partial charge on any atom is 0.294 e. The van der Waals surface area contributed by atoms with Crippen molar-refractivity contribution in [3.63, 3.8) is 0 Å². The minimum Gasteiger partial charge on any atom is -0.486 e. The van der Waals surface area contributed by atoms with E-state index in [-0.39, 0.29) is 39.8 Å². The fraction of sp³-hybridized carbons (Fsp3) is 0.261.